The summed E-state index contributed by atoms with van der Waals surface area (Å²) >= 11 is 6.66. The molecule has 2 aromatic carbocycles. The highest BCUT2D eigenvalue weighted by Crippen LogP contribution is 2.42. The lowest BCUT2D eigenvalue weighted by Crippen LogP contribution is -2.38. The molecular formula is C25H17BrN2OS2. The SMILES string of the molecule is O=c1/c(=C\c2ccc(Br)cc2)sc2n1[C@H](c1cccs1)C1=C(N=2)c2ccccc2CC1. The summed E-state index contributed by atoms with van der Waals surface area (Å²) in [6, 6.07) is 20.7. The first kappa shape index (κ1) is 19.2. The molecule has 4 aromatic rings. The second-order valence-electron chi connectivity index (χ2n) is 7.68. The van der Waals surface area contributed by atoms with E-state index >= 15 is 0 Å². The van der Waals surface area contributed by atoms with Crippen LogP contribution in [0.3, 0.4) is 0 Å². The van der Waals surface area contributed by atoms with Crippen LogP contribution in [0.15, 0.2) is 85.9 Å². The fraction of sp³-hybridized carbons (Fsp3) is 0.120. The Kier molecular flexibility index (Phi) is 4.67. The van der Waals surface area contributed by atoms with Gasteiger partial charge in [-0.25, -0.2) is 4.99 Å². The van der Waals surface area contributed by atoms with E-state index in [1.54, 1.807) is 11.3 Å². The molecule has 1 atom stereocenters. The minimum Gasteiger partial charge on any atom is -0.271 e. The van der Waals surface area contributed by atoms with Crippen molar-refractivity contribution in [2.75, 3.05) is 0 Å². The molecule has 2 aliphatic rings. The number of thiazole rings is 1. The van der Waals surface area contributed by atoms with Crippen molar-refractivity contribution < 1.29 is 0 Å². The van der Waals surface area contributed by atoms with E-state index < -0.39 is 0 Å². The van der Waals surface area contributed by atoms with Gasteiger partial charge in [0.05, 0.1) is 16.3 Å². The van der Waals surface area contributed by atoms with Crippen LogP contribution in [0.4, 0.5) is 0 Å². The van der Waals surface area contributed by atoms with Crippen LogP contribution in [0.25, 0.3) is 11.8 Å². The Morgan fingerprint density at radius 2 is 1.87 bits per heavy atom. The quantitative estimate of drug-likeness (QED) is 0.372. The summed E-state index contributed by atoms with van der Waals surface area (Å²) in [6.07, 6.45) is 3.88. The van der Waals surface area contributed by atoms with E-state index in [1.165, 1.54) is 32.9 Å². The van der Waals surface area contributed by atoms with Gasteiger partial charge in [-0.05, 0) is 59.2 Å². The number of fused-ring (bicyclic) bond motifs is 3. The minimum atomic E-state index is -0.0772. The standard InChI is InChI=1S/C25H17BrN2OS2/c26-17-10-7-15(8-11-17)14-21-24(29)28-23(20-6-3-13-30-20)19-12-9-16-4-1-2-5-18(16)22(19)27-25(28)31-21/h1-8,10-11,13-14,23H,9,12H2/b21-14+/t23-/m0/s1. The van der Waals surface area contributed by atoms with E-state index in [0.29, 0.717) is 0 Å². The molecule has 6 rings (SSSR count). The maximum absolute atomic E-state index is 13.6. The number of thiophene rings is 1. The van der Waals surface area contributed by atoms with Gasteiger partial charge in [-0.15, -0.1) is 11.3 Å². The van der Waals surface area contributed by atoms with E-state index in [-0.39, 0.29) is 11.6 Å². The molecule has 2 aromatic heterocycles. The molecule has 0 amide bonds. The number of nitrogens with zero attached hydrogens (tertiary/aromatic N) is 2. The smallest absolute Gasteiger partial charge is 0.271 e. The molecule has 0 spiro atoms. The van der Waals surface area contributed by atoms with Crippen molar-refractivity contribution in [2.24, 2.45) is 4.99 Å². The highest BCUT2D eigenvalue weighted by atomic mass is 79.9. The highest BCUT2D eigenvalue weighted by Gasteiger charge is 2.32. The third kappa shape index (κ3) is 3.21. The van der Waals surface area contributed by atoms with Crippen molar-refractivity contribution in [3.63, 3.8) is 0 Å². The number of aryl methyl sites for hydroxylation is 1. The molecule has 0 unspecified atom stereocenters. The van der Waals surface area contributed by atoms with Gasteiger partial charge in [-0.3, -0.25) is 9.36 Å². The molecule has 0 radical (unpaired) electrons. The van der Waals surface area contributed by atoms with Gasteiger partial charge in [0.2, 0.25) is 0 Å². The normalized spacial score (nSPS) is 17.7. The van der Waals surface area contributed by atoms with Gasteiger partial charge in [0, 0.05) is 14.9 Å². The van der Waals surface area contributed by atoms with Crippen molar-refractivity contribution in [1.82, 2.24) is 4.57 Å². The molecular weight excluding hydrogens is 488 g/mol. The number of allylic oxidation sites excluding steroid dienone is 1. The van der Waals surface area contributed by atoms with E-state index in [1.807, 2.05) is 34.9 Å². The largest absolute Gasteiger partial charge is 0.271 e. The van der Waals surface area contributed by atoms with E-state index in [2.05, 4.69) is 57.7 Å². The van der Waals surface area contributed by atoms with Gasteiger partial charge < -0.3 is 0 Å². The van der Waals surface area contributed by atoms with Crippen LogP contribution < -0.4 is 14.9 Å². The molecule has 152 valence electrons. The first-order valence-corrected chi connectivity index (χ1v) is 12.6. The molecule has 0 saturated carbocycles. The molecule has 3 nitrogen and oxygen atoms in total. The van der Waals surface area contributed by atoms with Gasteiger partial charge >= 0.3 is 0 Å². The number of rotatable bonds is 2. The molecule has 1 aliphatic carbocycles. The molecule has 0 saturated heterocycles. The zero-order valence-electron chi connectivity index (χ0n) is 16.4. The van der Waals surface area contributed by atoms with Crippen molar-refractivity contribution in [3.8, 4) is 0 Å². The first-order valence-electron chi connectivity index (χ1n) is 10.1. The zero-order valence-corrected chi connectivity index (χ0v) is 19.6. The summed E-state index contributed by atoms with van der Waals surface area (Å²) in [7, 11) is 0. The van der Waals surface area contributed by atoms with Gasteiger partial charge in [0.25, 0.3) is 5.56 Å². The van der Waals surface area contributed by atoms with Crippen LogP contribution >= 0.6 is 38.6 Å². The highest BCUT2D eigenvalue weighted by molar-refractivity contribution is 9.10. The number of aromatic nitrogens is 1. The maximum Gasteiger partial charge on any atom is 0.271 e. The Balaban J connectivity index is 1.62. The monoisotopic (exact) mass is 504 g/mol. The average Bonchev–Trinajstić information content (AvgIpc) is 3.43. The molecule has 0 fully saturated rings. The van der Waals surface area contributed by atoms with Crippen LogP contribution in [-0.4, -0.2) is 4.57 Å². The Morgan fingerprint density at radius 3 is 2.68 bits per heavy atom. The summed E-state index contributed by atoms with van der Waals surface area (Å²) in [5.41, 5.74) is 5.89. The fourth-order valence-electron chi connectivity index (χ4n) is 4.43. The zero-order chi connectivity index (χ0) is 20.9. The Bertz CT molecular complexity index is 1510. The Morgan fingerprint density at radius 1 is 1.03 bits per heavy atom. The first-order chi connectivity index (χ1) is 15.2. The number of halogens is 1. The molecule has 6 heteroatoms. The number of hydrogen-bond donors (Lipinski definition) is 0. The van der Waals surface area contributed by atoms with Crippen LogP contribution in [-0.2, 0) is 6.42 Å². The van der Waals surface area contributed by atoms with Gasteiger partial charge in [-0.1, -0.05) is 69.7 Å². The van der Waals surface area contributed by atoms with Crippen molar-refractivity contribution in [1.29, 1.82) is 0 Å². The molecule has 3 heterocycles. The second kappa shape index (κ2) is 7.55. The van der Waals surface area contributed by atoms with E-state index in [0.717, 1.165) is 37.9 Å². The predicted octanol–water partition coefficient (Wildman–Crippen LogP) is 5.14. The van der Waals surface area contributed by atoms with E-state index in [9.17, 15) is 4.79 Å². The van der Waals surface area contributed by atoms with Crippen molar-refractivity contribution >= 4 is 50.4 Å². The summed E-state index contributed by atoms with van der Waals surface area (Å²) in [4.78, 5) is 20.6. The summed E-state index contributed by atoms with van der Waals surface area (Å²) in [6.45, 7) is 0. The molecule has 1 aliphatic heterocycles. The fourth-order valence-corrected chi connectivity index (χ4v) is 6.54. The average molecular weight is 505 g/mol. The van der Waals surface area contributed by atoms with Crippen molar-refractivity contribution in [3.05, 3.63) is 117 Å². The van der Waals surface area contributed by atoms with Crippen LogP contribution in [0, 0.1) is 0 Å². The van der Waals surface area contributed by atoms with Crippen LogP contribution in [0.1, 0.15) is 34.0 Å². The van der Waals surface area contributed by atoms with Crippen LogP contribution in [0.2, 0.25) is 0 Å². The maximum atomic E-state index is 13.6. The van der Waals surface area contributed by atoms with E-state index in [4.69, 9.17) is 4.99 Å². The lowest BCUT2D eigenvalue weighted by atomic mass is 9.85. The summed E-state index contributed by atoms with van der Waals surface area (Å²) in [5, 5.41) is 2.09. The lowest BCUT2D eigenvalue weighted by Gasteiger charge is -2.30. The molecule has 0 bridgehead atoms. The van der Waals surface area contributed by atoms with Crippen LogP contribution in [0.5, 0.6) is 0 Å². The topological polar surface area (TPSA) is 34.4 Å². The molecule has 31 heavy (non-hydrogen) atoms. The lowest BCUT2D eigenvalue weighted by molar-refractivity contribution is 0.593. The van der Waals surface area contributed by atoms with Crippen molar-refractivity contribution in [2.45, 2.75) is 18.9 Å². The minimum absolute atomic E-state index is 0.0375. The third-order valence-electron chi connectivity index (χ3n) is 5.85. The van der Waals surface area contributed by atoms with Gasteiger partial charge in [0.15, 0.2) is 4.80 Å². The van der Waals surface area contributed by atoms with Gasteiger partial charge in [-0.2, -0.15) is 0 Å². The molecule has 0 N–H and O–H groups in total. The summed E-state index contributed by atoms with van der Waals surface area (Å²) < 4.78 is 3.65. The Labute approximate surface area is 195 Å². The Hall–Kier alpha value is -2.54. The number of benzene rings is 2. The number of hydrogen-bond acceptors (Lipinski definition) is 4. The summed E-state index contributed by atoms with van der Waals surface area (Å²) in [5.74, 6) is 0. The third-order valence-corrected chi connectivity index (χ3v) is 8.29. The van der Waals surface area contributed by atoms with Gasteiger partial charge in [0.1, 0.15) is 0 Å². The second-order valence-corrected chi connectivity index (χ2v) is 10.6. The predicted molar refractivity (Wildman–Crippen MR) is 131 cm³/mol.